The van der Waals surface area contributed by atoms with Gasteiger partial charge in [-0.1, -0.05) is 60.7 Å². The van der Waals surface area contributed by atoms with Crippen molar-refractivity contribution in [2.24, 2.45) is 0 Å². The van der Waals surface area contributed by atoms with Crippen molar-refractivity contribution in [2.45, 2.75) is 12.5 Å². The zero-order valence-electron chi connectivity index (χ0n) is 18.5. The summed E-state index contributed by atoms with van der Waals surface area (Å²) in [5, 5.41) is 27.4. The molecule has 5 aromatic rings. The number of anilines is 1. The lowest BCUT2D eigenvalue weighted by molar-refractivity contribution is 0.192. The van der Waals surface area contributed by atoms with E-state index in [4.69, 9.17) is 10.1 Å². The summed E-state index contributed by atoms with van der Waals surface area (Å²) in [5.41, 5.74) is 5.60. The maximum Gasteiger partial charge on any atom is 0.183 e. The lowest BCUT2D eigenvalue weighted by Gasteiger charge is -2.14. The third-order valence-corrected chi connectivity index (χ3v) is 5.83. The van der Waals surface area contributed by atoms with Gasteiger partial charge in [-0.2, -0.15) is 0 Å². The van der Waals surface area contributed by atoms with Crippen LogP contribution in [0.15, 0.2) is 91.4 Å². The summed E-state index contributed by atoms with van der Waals surface area (Å²) in [6, 6.07) is 24.2. The van der Waals surface area contributed by atoms with Crippen LogP contribution in [0.4, 0.5) is 5.82 Å². The fourth-order valence-electron chi connectivity index (χ4n) is 3.97. The summed E-state index contributed by atoms with van der Waals surface area (Å²) in [6.07, 6.45) is 5.27. The van der Waals surface area contributed by atoms with Crippen LogP contribution in [-0.4, -0.2) is 43.0 Å². The van der Waals surface area contributed by atoms with Crippen LogP contribution in [0.3, 0.4) is 0 Å². The largest absolute Gasteiger partial charge is 0.396 e. The average molecular weight is 452 g/mol. The minimum atomic E-state index is -0.400. The smallest absolute Gasteiger partial charge is 0.183 e. The second-order valence-corrected chi connectivity index (χ2v) is 8.08. The summed E-state index contributed by atoms with van der Waals surface area (Å²) in [5.74, 6) is 0.814. The third kappa shape index (κ3) is 4.39. The molecule has 0 saturated heterocycles. The van der Waals surface area contributed by atoms with Gasteiger partial charge in [0.25, 0.3) is 0 Å². The molecule has 7 nitrogen and oxygen atoms in total. The number of rotatable bonds is 8. The number of pyridine rings is 1. The van der Waals surface area contributed by atoms with E-state index in [1.54, 1.807) is 12.4 Å². The van der Waals surface area contributed by atoms with E-state index in [0.717, 1.165) is 27.8 Å². The van der Waals surface area contributed by atoms with Crippen LogP contribution in [0.5, 0.6) is 0 Å². The highest BCUT2D eigenvalue weighted by molar-refractivity contribution is 5.89. The molecule has 0 saturated carbocycles. The Bertz CT molecular complexity index is 1380. The Balaban J connectivity index is 1.61. The Labute approximate surface area is 197 Å². The SMILES string of the molecule is OCC(CO)c1cncc(-c2nc(NCc3ccccc3)c3c(-c4ccccc4)ccn3n2)c1. The number of fused-ring (bicyclic) bond motifs is 1. The van der Waals surface area contributed by atoms with E-state index < -0.39 is 5.92 Å². The van der Waals surface area contributed by atoms with Gasteiger partial charge in [0.05, 0.1) is 13.2 Å². The zero-order valence-corrected chi connectivity index (χ0v) is 18.5. The van der Waals surface area contributed by atoms with Crippen molar-refractivity contribution in [2.75, 3.05) is 18.5 Å². The lowest BCUT2D eigenvalue weighted by atomic mass is 10.0. The molecule has 5 rings (SSSR count). The van der Waals surface area contributed by atoms with Crippen LogP contribution in [0.25, 0.3) is 28.0 Å². The number of aliphatic hydroxyl groups is 2. The predicted octanol–water partition coefficient (Wildman–Crippen LogP) is 4.14. The van der Waals surface area contributed by atoms with Crippen molar-refractivity contribution >= 4 is 11.3 Å². The van der Waals surface area contributed by atoms with E-state index >= 15 is 0 Å². The molecule has 0 amide bonds. The summed E-state index contributed by atoms with van der Waals surface area (Å²) >= 11 is 0. The van der Waals surface area contributed by atoms with Gasteiger partial charge in [-0.05, 0) is 28.8 Å². The Morgan fingerprint density at radius 1 is 0.853 bits per heavy atom. The van der Waals surface area contributed by atoms with Gasteiger partial charge in [0, 0.05) is 42.2 Å². The molecule has 0 radical (unpaired) electrons. The van der Waals surface area contributed by atoms with Crippen LogP contribution in [0.1, 0.15) is 17.0 Å². The Kier molecular flexibility index (Phi) is 6.29. The van der Waals surface area contributed by atoms with Gasteiger partial charge >= 0.3 is 0 Å². The molecule has 0 aliphatic rings. The standard InChI is InChI=1S/C27H25N5O2/c33-17-23(18-34)21-13-22(16-28-15-21)26-30-27(29-14-19-7-3-1-4-8-19)25-24(11-12-32(25)31-26)20-9-5-2-6-10-20/h1-13,15-16,23,33-34H,14,17-18H2,(H,29,30,31). The molecule has 0 spiro atoms. The molecule has 0 aliphatic heterocycles. The topological polar surface area (TPSA) is 95.6 Å². The van der Waals surface area contributed by atoms with Gasteiger partial charge in [-0.3, -0.25) is 4.98 Å². The first kappa shape index (κ1) is 21.8. The highest BCUT2D eigenvalue weighted by atomic mass is 16.3. The highest BCUT2D eigenvalue weighted by Crippen LogP contribution is 2.31. The molecule has 7 heteroatoms. The summed E-state index contributed by atoms with van der Waals surface area (Å²) in [4.78, 5) is 9.19. The minimum Gasteiger partial charge on any atom is -0.396 e. The van der Waals surface area contributed by atoms with E-state index in [1.807, 2.05) is 59.2 Å². The van der Waals surface area contributed by atoms with Crippen LogP contribution >= 0.6 is 0 Å². The van der Waals surface area contributed by atoms with Crippen molar-refractivity contribution in [3.63, 3.8) is 0 Å². The molecular weight excluding hydrogens is 426 g/mol. The summed E-state index contributed by atoms with van der Waals surface area (Å²) in [7, 11) is 0. The first-order chi connectivity index (χ1) is 16.8. The van der Waals surface area contributed by atoms with Gasteiger partial charge in [0.2, 0.25) is 0 Å². The van der Waals surface area contributed by atoms with Gasteiger partial charge in [0.15, 0.2) is 11.6 Å². The van der Waals surface area contributed by atoms with E-state index in [9.17, 15) is 10.2 Å². The zero-order chi connectivity index (χ0) is 23.3. The molecule has 2 aromatic carbocycles. The van der Waals surface area contributed by atoms with Crippen LogP contribution < -0.4 is 5.32 Å². The number of hydrogen-bond acceptors (Lipinski definition) is 6. The van der Waals surface area contributed by atoms with Crippen LogP contribution in [0.2, 0.25) is 0 Å². The molecule has 34 heavy (non-hydrogen) atoms. The second kappa shape index (κ2) is 9.82. The third-order valence-electron chi connectivity index (χ3n) is 5.83. The molecule has 3 N–H and O–H groups in total. The molecule has 0 fully saturated rings. The van der Waals surface area contributed by atoms with Gasteiger partial charge in [-0.25, -0.2) is 9.50 Å². The fourth-order valence-corrected chi connectivity index (χ4v) is 3.97. The minimum absolute atomic E-state index is 0.163. The van der Waals surface area contributed by atoms with Gasteiger partial charge in [0.1, 0.15) is 5.52 Å². The van der Waals surface area contributed by atoms with E-state index in [-0.39, 0.29) is 13.2 Å². The Morgan fingerprint density at radius 3 is 2.32 bits per heavy atom. The Morgan fingerprint density at radius 2 is 1.59 bits per heavy atom. The van der Waals surface area contributed by atoms with Crippen molar-refractivity contribution < 1.29 is 10.2 Å². The van der Waals surface area contributed by atoms with Gasteiger partial charge in [-0.15, -0.1) is 5.10 Å². The summed E-state index contributed by atoms with van der Waals surface area (Å²) in [6.45, 7) is 0.286. The van der Waals surface area contributed by atoms with E-state index in [0.29, 0.717) is 23.8 Å². The van der Waals surface area contributed by atoms with Crippen molar-refractivity contribution in [1.29, 1.82) is 0 Å². The highest BCUT2D eigenvalue weighted by Gasteiger charge is 2.17. The van der Waals surface area contributed by atoms with Crippen LogP contribution in [0, 0.1) is 0 Å². The molecule has 3 heterocycles. The van der Waals surface area contributed by atoms with E-state index in [2.05, 4.69) is 34.6 Å². The second-order valence-electron chi connectivity index (χ2n) is 8.08. The molecule has 0 atom stereocenters. The average Bonchev–Trinajstić information content (AvgIpc) is 3.34. The number of aromatic nitrogens is 4. The number of hydrogen-bond donors (Lipinski definition) is 3. The molecule has 0 unspecified atom stereocenters. The first-order valence-corrected chi connectivity index (χ1v) is 11.2. The normalized spacial score (nSPS) is 11.3. The quantitative estimate of drug-likeness (QED) is 0.328. The van der Waals surface area contributed by atoms with Crippen molar-refractivity contribution in [3.8, 4) is 22.5 Å². The van der Waals surface area contributed by atoms with Crippen LogP contribution in [-0.2, 0) is 6.54 Å². The van der Waals surface area contributed by atoms with E-state index in [1.165, 1.54) is 0 Å². The van der Waals surface area contributed by atoms with Crippen molar-refractivity contribution in [3.05, 3.63) is 103 Å². The monoisotopic (exact) mass is 451 g/mol. The number of benzene rings is 2. The summed E-state index contributed by atoms with van der Waals surface area (Å²) < 4.78 is 1.83. The maximum absolute atomic E-state index is 9.58. The lowest BCUT2D eigenvalue weighted by Crippen LogP contribution is -2.10. The van der Waals surface area contributed by atoms with Gasteiger partial charge < -0.3 is 15.5 Å². The first-order valence-electron chi connectivity index (χ1n) is 11.2. The number of aliphatic hydroxyl groups excluding tert-OH is 2. The maximum atomic E-state index is 9.58. The van der Waals surface area contributed by atoms with Crippen molar-refractivity contribution in [1.82, 2.24) is 19.6 Å². The fraction of sp³-hybridized carbons (Fsp3) is 0.148. The number of nitrogens with zero attached hydrogens (tertiary/aromatic N) is 4. The molecule has 0 bridgehead atoms. The Hall–Kier alpha value is -4.07. The molecule has 3 aromatic heterocycles. The number of nitrogens with one attached hydrogen (secondary N) is 1. The molecule has 170 valence electrons. The molecule has 0 aliphatic carbocycles. The molecular formula is C27H25N5O2. The predicted molar refractivity (Wildman–Crippen MR) is 132 cm³/mol.